The third-order valence-corrected chi connectivity index (χ3v) is 7.00. The number of aromatic nitrogens is 3. The average molecular weight is 686 g/mol. The third-order valence-electron chi connectivity index (χ3n) is 6.12. The van der Waals surface area contributed by atoms with Crippen molar-refractivity contribution >= 4 is 32.5 Å². The first kappa shape index (κ1) is 25.7. The van der Waals surface area contributed by atoms with Crippen molar-refractivity contribution < 1.29 is 20.1 Å². The first-order valence-corrected chi connectivity index (χ1v) is 12.9. The summed E-state index contributed by atoms with van der Waals surface area (Å²) in [6.45, 7) is 2.13. The fourth-order valence-electron chi connectivity index (χ4n) is 4.36. The Morgan fingerprint density at radius 1 is 0.789 bits per heavy atom. The molecule has 0 saturated carbocycles. The molecule has 0 aliphatic carbocycles. The predicted octanol–water partition coefficient (Wildman–Crippen LogP) is 8.56. The zero-order valence-corrected chi connectivity index (χ0v) is 23.8. The molecule has 0 bridgehead atoms. The smallest absolute Gasteiger partial charge is 0.0774 e. The summed E-state index contributed by atoms with van der Waals surface area (Å²) in [5, 5.41) is 4.71. The maximum atomic E-state index is 4.95. The summed E-state index contributed by atoms with van der Waals surface area (Å²) < 4.78 is 3.47. The number of fused-ring (bicyclic) bond motifs is 2. The van der Waals surface area contributed by atoms with Gasteiger partial charge in [0.05, 0.1) is 16.9 Å². The Bertz CT molecular complexity index is 1740. The summed E-state index contributed by atoms with van der Waals surface area (Å²) in [5.41, 5.74) is 7.57. The molecule has 38 heavy (non-hydrogen) atoms. The molecule has 187 valence electrons. The van der Waals surface area contributed by atoms with E-state index in [-0.39, 0.29) is 20.1 Å². The van der Waals surface area contributed by atoms with Gasteiger partial charge in [-0.25, -0.2) is 0 Å². The third kappa shape index (κ3) is 5.23. The van der Waals surface area contributed by atoms with Crippen LogP contribution in [0.15, 0.2) is 121 Å². The summed E-state index contributed by atoms with van der Waals surface area (Å²) in [7, 11) is 0. The van der Waals surface area contributed by atoms with Crippen LogP contribution in [0.1, 0.15) is 5.56 Å². The van der Waals surface area contributed by atoms with Gasteiger partial charge in [0, 0.05) is 32.0 Å². The molecule has 7 aromatic rings. The normalized spacial score (nSPS) is 10.6. The maximum Gasteiger partial charge on any atom is 0.0774 e. The average Bonchev–Trinajstić information content (AvgIpc) is 3.56. The molecule has 4 aromatic carbocycles. The molecule has 1 radical (unpaired) electrons. The Hall–Kier alpha value is -3.89. The zero-order valence-electron chi connectivity index (χ0n) is 20.6. The van der Waals surface area contributed by atoms with Crippen molar-refractivity contribution in [2.75, 3.05) is 0 Å². The number of pyridine rings is 1. The van der Waals surface area contributed by atoms with Gasteiger partial charge >= 0.3 is 0 Å². The minimum Gasteiger partial charge on any atom is -0.333 e. The molecule has 0 N–H and O–H groups in total. The number of nitrogens with zero attached hydrogens (tertiary/aromatic N) is 3. The van der Waals surface area contributed by atoms with Gasteiger partial charge in [0.1, 0.15) is 0 Å². The fraction of sp³-hybridized carbons (Fsp3) is 0.0303. The Morgan fingerprint density at radius 2 is 1.58 bits per heavy atom. The van der Waals surface area contributed by atoms with E-state index in [4.69, 9.17) is 4.98 Å². The minimum absolute atomic E-state index is 0. The Kier molecular flexibility index (Phi) is 7.90. The number of imidazole rings is 1. The number of hydrogen-bond donors (Lipinski definition) is 0. The Morgan fingerprint density at radius 3 is 2.37 bits per heavy atom. The van der Waals surface area contributed by atoms with Crippen molar-refractivity contribution in [3.63, 3.8) is 0 Å². The molecular formula is C33H23IrN3S-2. The van der Waals surface area contributed by atoms with Gasteiger partial charge in [-0.15, -0.1) is 47.3 Å². The summed E-state index contributed by atoms with van der Waals surface area (Å²) in [6.07, 6.45) is 1.79. The van der Waals surface area contributed by atoms with Gasteiger partial charge in [0.25, 0.3) is 0 Å². The van der Waals surface area contributed by atoms with E-state index in [0.717, 1.165) is 39.4 Å². The van der Waals surface area contributed by atoms with Crippen LogP contribution >= 0.6 is 11.3 Å². The second-order valence-electron chi connectivity index (χ2n) is 8.67. The van der Waals surface area contributed by atoms with E-state index in [9.17, 15) is 0 Å². The van der Waals surface area contributed by atoms with Crippen molar-refractivity contribution in [3.05, 3.63) is 138 Å². The largest absolute Gasteiger partial charge is 0.333 e. The molecule has 3 nitrogen and oxygen atoms in total. The van der Waals surface area contributed by atoms with Gasteiger partial charge in [-0.3, -0.25) is 16.3 Å². The van der Waals surface area contributed by atoms with Crippen molar-refractivity contribution in [3.8, 4) is 28.3 Å². The second-order valence-corrected chi connectivity index (χ2v) is 9.51. The van der Waals surface area contributed by atoms with Crippen LogP contribution < -0.4 is 0 Å². The van der Waals surface area contributed by atoms with Crippen molar-refractivity contribution in [1.82, 2.24) is 14.5 Å². The number of benzene rings is 4. The quantitative estimate of drug-likeness (QED) is 0.175. The second kappa shape index (κ2) is 11.7. The fourth-order valence-corrected chi connectivity index (χ4v) is 5.18. The minimum atomic E-state index is 0. The summed E-state index contributed by atoms with van der Waals surface area (Å²) in [5.74, 6) is 0.948. The molecule has 0 spiro atoms. The molecule has 5 heteroatoms. The van der Waals surface area contributed by atoms with Gasteiger partial charge in [-0.1, -0.05) is 75.8 Å². The van der Waals surface area contributed by atoms with Crippen LogP contribution in [-0.4, -0.2) is 14.5 Å². The van der Waals surface area contributed by atoms with E-state index < -0.39 is 0 Å². The van der Waals surface area contributed by atoms with Crippen LogP contribution in [0.4, 0.5) is 0 Å². The predicted molar refractivity (Wildman–Crippen MR) is 154 cm³/mol. The molecule has 0 aliphatic heterocycles. The van der Waals surface area contributed by atoms with Gasteiger partial charge in [0.2, 0.25) is 0 Å². The molecule has 0 amide bonds. The SMILES string of the molecule is Cc1ccc2s[c-]c(-c3nc4ccccc4n3-c3ccccc3)c2c1.[Ir].[c-]1ccccc1-c1ccccn1. The number of hydrogen-bond acceptors (Lipinski definition) is 3. The molecule has 0 atom stereocenters. The van der Waals surface area contributed by atoms with Crippen LogP contribution in [0, 0.1) is 18.4 Å². The topological polar surface area (TPSA) is 30.7 Å². The summed E-state index contributed by atoms with van der Waals surface area (Å²) in [6, 6.07) is 42.1. The molecule has 7 rings (SSSR count). The van der Waals surface area contributed by atoms with Gasteiger partial charge in [-0.05, 0) is 42.9 Å². The van der Waals surface area contributed by atoms with Gasteiger partial charge in [-0.2, -0.15) is 0 Å². The number of rotatable bonds is 3. The van der Waals surface area contributed by atoms with Crippen molar-refractivity contribution in [2.24, 2.45) is 0 Å². The zero-order chi connectivity index (χ0) is 25.0. The van der Waals surface area contributed by atoms with Gasteiger partial charge in [0.15, 0.2) is 0 Å². The molecule has 0 unspecified atom stereocenters. The monoisotopic (exact) mass is 686 g/mol. The van der Waals surface area contributed by atoms with Gasteiger partial charge < -0.3 is 9.55 Å². The van der Waals surface area contributed by atoms with E-state index >= 15 is 0 Å². The summed E-state index contributed by atoms with van der Waals surface area (Å²) in [4.78, 5) is 9.17. The van der Waals surface area contributed by atoms with E-state index in [1.807, 2.05) is 54.6 Å². The van der Waals surface area contributed by atoms with Crippen LogP contribution in [-0.2, 0) is 20.1 Å². The van der Waals surface area contributed by atoms with Crippen molar-refractivity contribution in [2.45, 2.75) is 6.92 Å². The van der Waals surface area contributed by atoms with E-state index in [1.54, 1.807) is 17.5 Å². The molecular weight excluding hydrogens is 663 g/mol. The first-order chi connectivity index (χ1) is 18.3. The molecule has 3 aromatic heterocycles. The van der Waals surface area contributed by atoms with Crippen LogP contribution in [0.3, 0.4) is 0 Å². The van der Waals surface area contributed by atoms with E-state index in [1.165, 1.54) is 15.6 Å². The van der Waals surface area contributed by atoms with Crippen LogP contribution in [0.25, 0.3) is 49.5 Å². The molecule has 0 fully saturated rings. The van der Waals surface area contributed by atoms with Crippen LogP contribution in [0.2, 0.25) is 0 Å². The number of thiophene rings is 1. The van der Waals surface area contributed by atoms with Crippen LogP contribution in [0.5, 0.6) is 0 Å². The number of para-hydroxylation sites is 3. The number of aryl methyl sites for hydroxylation is 1. The molecule has 3 heterocycles. The Labute approximate surface area is 239 Å². The van der Waals surface area contributed by atoms with E-state index in [2.05, 4.69) is 88.6 Å². The Balaban J connectivity index is 0.000000191. The van der Waals surface area contributed by atoms with E-state index in [0.29, 0.717) is 0 Å². The standard InChI is InChI=1S/C22H15N2S.C11H8N.Ir/c1-15-11-12-21-17(13-15)18(14-25-21)22-23-19-9-5-6-10-20(19)24(22)16-7-3-2-4-8-16;1-2-6-10(7-3-1)11-8-4-5-9-12-11;/h2-13H,1H3;1-6,8-9H;/q2*-1;. The molecule has 0 aliphatic rings. The first-order valence-electron chi connectivity index (χ1n) is 12.1. The molecule has 0 saturated heterocycles. The maximum absolute atomic E-state index is 4.95. The summed E-state index contributed by atoms with van der Waals surface area (Å²) >= 11 is 1.65. The van der Waals surface area contributed by atoms with Crippen molar-refractivity contribution in [1.29, 1.82) is 0 Å².